The number of rotatable bonds is 3. The largest absolute Gasteiger partial charge is 0.340 e. The van der Waals surface area contributed by atoms with Crippen molar-refractivity contribution >= 4 is 12.4 Å². The topological polar surface area (TPSA) is 104 Å². The lowest BCUT2D eigenvalue weighted by atomic mass is 9.74. The minimum atomic E-state index is -0.273. The average Bonchev–Trinajstić information content (AvgIpc) is 2.99. The zero-order valence-electron chi connectivity index (χ0n) is 12.2. The van der Waals surface area contributed by atoms with E-state index < -0.39 is 0 Å². The molecule has 0 aliphatic heterocycles. The third-order valence-corrected chi connectivity index (χ3v) is 3.92. The van der Waals surface area contributed by atoms with Gasteiger partial charge in [0.1, 0.15) is 0 Å². The first-order chi connectivity index (χ1) is 9.54. The first-order valence-corrected chi connectivity index (χ1v) is 6.95. The molecule has 2 aromatic rings. The SMILES string of the molecule is Cc1nc(Cc2noc(C3CCCCC3(C)N)n2)no1.Cl. The van der Waals surface area contributed by atoms with Gasteiger partial charge in [-0.05, 0) is 19.8 Å². The highest BCUT2D eigenvalue weighted by atomic mass is 35.5. The number of hydrogen-bond acceptors (Lipinski definition) is 7. The number of aromatic nitrogens is 4. The van der Waals surface area contributed by atoms with E-state index in [2.05, 4.69) is 27.2 Å². The molecule has 0 saturated heterocycles. The Morgan fingerprint density at radius 1 is 1.19 bits per heavy atom. The second-order valence-corrected chi connectivity index (χ2v) is 5.76. The number of hydrogen-bond donors (Lipinski definition) is 1. The van der Waals surface area contributed by atoms with Crippen LogP contribution in [0.5, 0.6) is 0 Å². The van der Waals surface area contributed by atoms with Gasteiger partial charge in [0.15, 0.2) is 11.6 Å². The van der Waals surface area contributed by atoms with E-state index in [1.807, 2.05) is 0 Å². The van der Waals surface area contributed by atoms with Crippen molar-refractivity contribution in [1.82, 2.24) is 20.3 Å². The summed E-state index contributed by atoms with van der Waals surface area (Å²) in [5, 5.41) is 7.83. The Kier molecular flexibility index (Phi) is 4.63. The summed E-state index contributed by atoms with van der Waals surface area (Å²) in [6, 6.07) is 0. The van der Waals surface area contributed by atoms with Crippen LogP contribution in [0.2, 0.25) is 0 Å². The van der Waals surface area contributed by atoms with Crippen molar-refractivity contribution in [2.24, 2.45) is 5.73 Å². The number of nitrogens with zero attached hydrogens (tertiary/aromatic N) is 4. The van der Waals surface area contributed by atoms with E-state index in [0.717, 1.165) is 25.7 Å². The van der Waals surface area contributed by atoms with E-state index in [0.29, 0.717) is 29.9 Å². The smallest absolute Gasteiger partial charge is 0.231 e. The Morgan fingerprint density at radius 2 is 1.90 bits per heavy atom. The van der Waals surface area contributed by atoms with Crippen LogP contribution in [0, 0.1) is 6.92 Å². The van der Waals surface area contributed by atoms with Gasteiger partial charge in [-0.1, -0.05) is 23.2 Å². The Bertz CT molecular complexity index is 595. The molecule has 0 spiro atoms. The summed E-state index contributed by atoms with van der Waals surface area (Å²) in [5.74, 6) is 2.43. The molecule has 2 heterocycles. The van der Waals surface area contributed by atoms with Crippen LogP contribution in [-0.2, 0) is 6.42 Å². The molecule has 2 N–H and O–H groups in total. The standard InChI is InChI=1S/C13H19N5O2.ClH/c1-8-15-10(17-19-8)7-11-16-12(20-18-11)9-5-3-4-6-13(9,2)14;/h9H,3-7,14H2,1-2H3;1H. The monoisotopic (exact) mass is 313 g/mol. The van der Waals surface area contributed by atoms with Gasteiger partial charge in [-0.15, -0.1) is 12.4 Å². The van der Waals surface area contributed by atoms with Gasteiger partial charge in [-0.25, -0.2) is 0 Å². The fourth-order valence-electron chi connectivity index (χ4n) is 2.80. The molecule has 8 heteroatoms. The summed E-state index contributed by atoms with van der Waals surface area (Å²) in [6.45, 7) is 3.81. The molecule has 116 valence electrons. The molecular weight excluding hydrogens is 294 g/mol. The highest BCUT2D eigenvalue weighted by Gasteiger charge is 2.37. The molecule has 1 aliphatic rings. The number of halogens is 1. The van der Waals surface area contributed by atoms with Gasteiger partial charge in [-0.2, -0.15) is 9.97 Å². The van der Waals surface area contributed by atoms with Crippen molar-refractivity contribution in [2.75, 3.05) is 0 Å². The maximum absolute atomic E-state index is 6.35. The second-order valence-electron chi connectivity index (χ2n) is 5.76. The average molecular weight is 314 g/mol. The van der Waals surface area contributed by atoms with Crippen LogP contribution >= 0.6 is 12.4 Å². The molecule has 21 heavy (non-hydrogen) atoms. The third-order valence-electron chi connectivity index (χ3n) is 3.92. The number of aryl methyl sites for hydroxylation is 1. The molecule has 7 nitrogen and oxygen atoms in total. The van der Waals surface area contributed by atoms with E-state index in [9.17, 15) is 0 Å². The highest BCUT2D eigenvalue weighted by Crippen LogP contribution is 2.38. The summed E-state index contributed by atoms with van der Waals surface area (Å²) >= 11 is 0. The van der Waals surface area contributed by atoms with E-state index in [1.165, 1.54) is 0 Å². The maximum atomic E-state index is 6.35. The fraction of sp³-hybridized carbons (Fsp3) is 0.692. The van der Waals surface area contributed by atoms with Crippen molar-refractivity contribution in [3.63, 3.8) is 0 Å². The zero-order chi connectivity index (χ0) is 14.2. The van der Waals surface area contributed by atoms with E-state index in [1.54, 1.807) is 6.92 Å². The molecule has 1 fully saturated rings. The lowest BCUT2D eigenvalue weighted by Gasteiger charge is -2.35. The molecule has 1 saturated carbocycles. The summed E-state index contributed by atoms with van der Waals surface area (Å²) in [4.78, 5) is 8.59. The van der Waals surface area contributed by atoms with Crippen LogP contribution in [0.15, 0.2) is 9.05 Å². The van der Waals surface area contributed by atoms with Crippen LogP contribution < -0.4 is 5.73 Å². The van der Waals surface area contributed by atoms with Gasteiger partial charge in [0.2, 0.25) is 11.8 Å². The molecule has 2 atom stereocenters. The lowest BCUT2D eigenvalue weighted by molar-refractivity contribution is 0.223. The summed E-state index contributed by atoms with van der Waals surface area (Å²) in [6.07, 6.45) is 4.70. The molecule has 3 rings (SSSR count). The van der Waals surface area contributed by atoms with Gasteiger partial charge >= 0.3 is 0 Å². The Balaban J connectivity index is 0.00000161. The minimum absolute atomic E-state index is 0. The van der Waals surface area contributed by atoms with Gasteiger partial charge in [0.25, 0.3) is 0 Å². The predicted octanol–water partition coefficient (Wildman–Crippen LogP) is 2.15. The van der Waals surface area contributed by atoms with Crippen molar-refractivity contribution in [3.8, 4) is 0 Å². The third kappa shape index (κ3) is 3.41. The molecule has 0 radical (unpaired) electrons. The van der Waals surface area contributed by atoms with E-state index in [4.69, 9.17) is 14.8 Å². The molecular formula is C13H20ClN5O2. The van der Waals surface area contributed by atoms with E-state index >= 15 is 0 Å². The molecule has 0 aromatic carbocycles. The fourth-order valence-corrected chi connectivity index (χ4v) is 2.80. The summed E-state index contributed by atoms with van der Waals surface area (Å²) in [5.41, 5.74) is 6.08. The van der Waals surface area contributed by atoms with Crippen molar-refractivity contribution < 1.29 is 9.05 Å². The van der Waals surface area contributed by atoms with E-state index in [-0.39, 0.29) is 23.9 Å². The van der Waals surface area contributed by atoms with Crippen LogP contribution in [0.1, 0.15) is 62.0 Å². The van der Waals surface area contributed by atoms with Crippen molar-refractivity contribution in [1.29, 1.82) is 0 Å². The first-order valence-electron chi connectivity index (χ1n) is 6.95. The molecule has 2 unspecified atom stereocenters. The summed E-state index contributed by atoms with van der Waals surface area (Å²) < 4.78 is 10.3. The minimum Gasteiger partial charge on any atom is -0.340 e. The van der Waals surface area contributed by atoms with Crippen molar-refractivity contribution in [2.45, 2.75) is 57.4 Å². The molecule has 0 amide bonds. The van der Waals surface area contributed by atoms with Crippen LogP contribution in [0.4, 0.5) is 0 Å². The molecule has 2 aromatic heterocycles. The Morgan fingerprint density at radius 3 is 2.57 bits per heavy atom. The quantitative estimate of drug-likeness (QED) is 0.925. The summed E-state index contributed by atoms with van der Waals surface area (Å²) in [7, 11) is 0. The van der Waals surface area contributed by atoms with Gasteiger partial charge in [0, 0.05) is 12.5 Å². The predicted molar refractivity (Wildman–Crippen MR) is 77.2 cm³/mol. The van der Waals surface area contributed by atoms with Crippen molar-refractivity contribution in [3.05, 3.63) is 23.4 Å². The first kappa shape index (κ1) is 15.9. The lowest BCUT2D eigenvalue weighted by Crippen LogP contribution is -2.44. The molecule has 0 bridgehead atoms. The van der Waals surface area contributed by atoms with Gasteiger partial charge in [0.05, 0.1) is 12.3 Å². The molecule has 1 aliphatic carbocycles. The van der Waals surface area contributed by atoms with Crippen LogP contribution in [0.3, 0.4) is 0 Å². The maximum Gasteiger partial charge on any atom is 0.231 e. The normalized spacial score (nSPS) is 25.6. The number of nitrogens with two attached hydrogens (primary N) is 1. The van der Waals surface area contributed by atoms with Gasteiger partial charge in [-0.3, -0.25) is 0 Å². The second kappa shape index (κ2) is 6.11. The highest BCUT2D eigenvalue weighted by molar-refractivity contribution is 5.85. The van der Waals surface area contributed by atoms with Crippen LogP contribution in [-0.4, -0.2) is 25.8 Å². The van der Waals surface area contributed by atoms with Crippen LogP contribution in [0.25, 0.3) is 0 Å². The Hall–Kier alpha value is -1.47. The zero-order valence-corrected chi connectivity index (χ0v) is 13.0. The Labute approximate surface area is 129 Å². The van der Waals surface area contributed by atoms with Gasteiger partial charge < -0.3 is 14.8 Å².